The highest BCUT2D eigenvalue weighted by Gasteiger charge is 2.28. The maximum atomic E-state index is 4.84. The van der Waals surface area contributed by atoms with Crippen LogP contribution in [0, 0.1) is 13.8 Å². The molecule has 0 amide bonds. The van der Waals surface area contributed by atoms with E-state index in [0.29, 0.717) is 5.92 Å². The summed E-state index contributed by atoms with van der Waals surface area (Å²) < 4.78 is 0. The lowest BCUT2D eigenvalue weighted by atomic mass is 10.1. The van der Waals surface area contributed by atoms with Gasteiger partial charge in [-0.3, -0.25) is 0 Å². The van der Waals surface area contributed by atoms with Crippen molar-refractivity contribution in [2.24, 2.45) is 0 Å². The fourth-order valence-corrected chi connectivity index (χ4v) is 2.67. The number of benzene rings is 1. The second kappa shape index (κ2) is 5.35. The quantitative estimate of drug-likeness (QED) is 0.926. The number of aryl methyl sites for hydroxylation is 1. The van der Waals surface area contributed by atoms with Gasteiger partial charge in [0.1, 0.15) is 17.5 Å². The molecule has 110 valence electrons. The SMILES string of the molecule is CNc1nc(C2CC2)nc(N(C)c2ccccc2C)c1C. The van der Waals surface area contributed by atoms with E-state index in [4.69, 9.17) is 4.98 Å². The van der Waals surface area contributed by atoms with Crippen LogP contribution >= 0.6 is 0 Å². The summed E-state index contributed by atoms with van der Waals surface area (Å²) in [6.45, 7) is 4.20. The van der Waals surface area contributed by atoms with Crippen molar-refractivity contribution in [2.45, 2.75) is 32.6 Å². The molecule has 0 bridgehead atoms. The number of aromatic nitrogens is 2. The predicted octanol–water partition coefficient (Wildman–Crippen LogP) is 3.78. The lowest BCUT2D eigenvalue weighted by Crippen LogP contribution is -2.16. The largest absolute Gasteiger partial charge is 0.373 e. The van der Waals surface area contributed by atoms with Crippen molar-refractivity contribution < 1.29 is 0 Å². The Morgan fingerprint density at radius 1 is 1.14 bits per heavy atom. The lowest BCUT2D eigenvalue weighted by Gasteiger charge is -2.23. The molecule has 0 saturated heterocycles. The molecule has 1 fully saturated rings. The third kappa shape index (κ3) is 2.58. The summed E-state index contributed by atoms with van der Waals surface area (Å²) in [6, 6.07) is 8.39. The monoisotopic (exact) mass is 282 g/mol. The topological polar surface area (TPSA) is 41.1 Å². The van der Waals surface area contributed by atoms with Crippen LogP contribution in [-0.4, -0.2) is 24.1 Å². The molecule has 1 saturated carbocycles. The number of nitrogens with zero attached hydrogens (tertiary/aromatic N) is 3. The van der Waals surface area contributed by atoms with E-state index >= 15 is 0 Å². The van der Waals surface area contributed by atoms with Gasteiger partial charge in [-0.05, 0) is 38.3 Å². The minimum absolute atomic E-state index is 0.543. The third-order valence-electron chi connectivity index (χ3n) is 4.11. The number of nitrogens with one attached hydrogen (secondary N) is 1. The van der Waals surface area contributed by atoms with Crippen molar-refractivity contribution in [3.8, 4) is 0 Å². The van der Waals surface area contributed by atoms with Gasteiger partial charge in [0.25, 0.3) is 0 Å². The summed E-state index contributed by atoms with van der Waals surface area (Å²) in [4.78, 5) is 11.7. The standard InChI is InChI=1S/C17H22N4/c1-11-7-5-6-8-14(11)21(4)17-12(2)15(18-3)19-16(20-17)13-9-10-13/h5-8,13H,9-10H2,1-4H3,(H,18,19,20). The number of hydrogen-bond acceptors (Lipinski definition) is 4. The summed E-state index contributed by atoms with van der Waals surface area (Å²) >= 11 is 0. The summed E-state index contributed by atoms with van der Waals surface area (Å²) in [5.41, 5.74) is 3.52. The van der Waals surface area contributed by atoms with Crippen LogP contribution in [0.2, 0.25) is 0 Å². The first kappa shape index (κ1) is 13.9. The third-order valence-corrected chi connectivity index (χ3v) is 4.11. The molecular weight excluding hydrogens is 260 g/mol. The molecule has 3 rings (SSSR count). The van der Waals surface area contributed by atoms with Gasteiger partial charge < -0.3 is 10.2 Å². The van der Waals surface area contributed by atoms with Gasteiger partial charge in [0, 0.05) is 31.3 Å². The minimum atomic E-state index is 0.543. The molecule has 4 nitrogen and oxygen atoms in total. The lowest BCUT2D eigenvalue weighted by molar-refractivity contribution is 0.905. The van der Waals surface area contributed by atoms with E-state index in [1.54, 1.807) is 0 Å². The zero-order chi connectivity index (χ0) is 15.0. The molecule has 4 heteroatoms. The maximum Gasteiger partial charge on any atom is 0.141 e. The van der Waals surface area contributed by atoms with Gasteiger partial charge in [-0.1, -0.05) is 18.2 Å². The fraction of sp³-hybridized carbons (Fsp3) is 0.412. The predicted molar refractivity (Wildman–Crippen MR) is 87.5 cm³/mol. The molecule has 1 aliphatic carbocycles. The second-order valence-corrected chi connectivity index (χ2v) is 5.75. The van der Waals surface area contributed by atoms with E-state index in [2.05, 4.69) is 60.4 Å². The summed E-state index contributed by atoms with van der Waals surface area (Å²) in [7, 11) is 4.00. The van der Waals surface area contributed by atoms with Crippen LogP contribution < -0.4 is 10.2 Å². The highest BCUT2D eigenvalue weighted by atomic mass is 15.2. The van der Waals surface area contributed by atoms with E-state index in [-0.39, 0.29) is 0 Å². The van der Waals surface area contributed by atoms with Crippen LogP contribution in [0.25, 0.3) is 0 Å². The number of rotatable bonds is 4. The number of anilines is 3. The van der Waals surface area contributed by atoms with Gasteiger partial charge >= 0.3 is 0 Å². The van der Waals surface area contributed by atoms with Crippen LogP contribution in [0.5, 0.6) is 0 Å². The van der Waals surface area contributed by atoms with Gasteiger partial charge in [0.05, 0.1) is 0 Å². The maximum absolute atomic E-state index is 4.84. The van der Waals surface area contributed by atoms with Gasteiger partial charge in [-0.25, -0.2) is 9.97 Å². The smallest absolute Gasteiger partial charge is 0.141 e. The van der Waals surface area contributed by atoms with Crippen LogP contribution in [0.3, 0.4) is 0 Å². The first-order valence-electron chi connectivity index (χ1n) is 7.47. The molecule has 1 heterocycles. The summed E-state index contributed by atoms with van der Waals surface area (Å²) in [5.74, 6) is 3.44. The van der Waals surface area contributed by atoms with Crippen molar-refractivity contribution in [2.75, 3.05) is 24.3 Å². The van der Waals surface area contributed by atoms with E-state index in [1.165, 1.54) is 24.1 Å². The van der Waals surface area contributed by atoms with E-state index in [0.717, 1.165) is 23.0 Å². The Bertz CT molecular complexity index is 662. The van der Waals surface area contributed by atoms with Crippen LogP contribution in [0.4, 0.5) is 17.3 Å². The Morgan fingerprint density at radius 3 is 2.48 bits per heavy atom. The van der Waals surface area contributed by atoms with Crippen LogP contribution in [0.15, 0.2) is 24.3 Å². The Hall–Kier alpha value is -2.10. The molecule has 0 unspecified atom stereocenters. The molecule has 0 aliphatic heterocycles. The molecule has 1 N–H and O–H groups in total. The highest BCUT2D eigenvalue weighted by molar-refractivity contribution is 5.68. The van der Waals surface area contributed by atoms with Crippen LogP contribution in [0.1, 0.15) is 35.7 Å². The van der Waals surface area contributed by atoms with Crippen LogP contribution in [-0.2, 0) is 0 Å². The molecule has 1 aliphatic rings. The molecule has 2 aromatic rings. The van der Waals surface area contributed by atoms with Crippen molar-refractivity contribution in [1.29, 1.82) is 0 Å². The average Bonchev–Trinajstić information content (AvgIpc) is 3.32. The second-order valence-electron chi connectivity index (χ2n) is 5.75. The fourth-order valence-electron chi connectivity index (χ4n) is 2.67. The highest BCUT2D eigenvalue weighted by Crippen LogP contribution is 2.40. The molecule has 0 spiro atoms. The minimum Gasteiger partial charge on any atom is -0.373 e. The van der Waals surface area contributed by atoms with Crippen molar-refractivity contribution >= 4 is 17.3 Å². The summed E-state index contributed by atoms with van der Waals surface area (Å²) in [5, 5.41) is 3.20. The van der Waals surface area contributed by atoms with E-state index in [9.17, 15) is 0 Å². The molecule has 1 aromatic carbocycles. The van der Waals surface area contributed by atoms with E-state index in [1.807, 2.05) is 7.05 Å². The van der Waals surface area contributed by atoms with Gasteiger partial charge in [-0.15, -0.1) is 0 Å². The van der Waals surface area contributed by atoms with E-state index < -0.39 is 0 Å². The molecule has 0 radical (unpaired) electrons. The Labute approximate surface area is 126 Å². The Morgan fingerprint density at radius 2 is 1.86 bits per heavy atom. The first-order valence-corrected chi connectivity index (χ1v) is 7.47. The van der Waals surface area contributed by atoms with Crippen molar-refractivity contribution in [3.63, 3.8) is 0 Å². The Kier molecular flexibility index (Phi) is 3.53. The van der Waals surface area contributed by atoms with Crippen molar-refractivity contribution in [3.05, 3.63) is 41.2 Å². The molecular formula is C17H22N4. The zero-order valence-corrected chi connectivity index (χ0v) is 13.1. The molecule has 0 atom stereocenters. The Balaban J connectivity index is 2.08. The van der Waals surface area contributed by atoms with Gasteiger partial charge in [0.15, 0.2) is 0 Å². The van der Waals surface area contributed by atoms with Gasteiger partial charge in [0.2, 0.25) is 0 Å². The normalized spacial score (nSPS) is 14.1. The van der Waals surface area contributed by atoms with Gasteiger partial charge in [-0.2, -0.15) is 0 Å². The molecule has 21 heavy (non-hydrogen) atoms. The zero-order valence-electron chi connectivity index (χ0n) is 13.1. The summed E-state index contributed by atoms with van der Waals surface area (Å²) in [6.07, 6.45) is 2.42. The van der Waals surface area contributed by atoms with Crippen molar-refractivity contribution in [1.82, 2.24) is 9.97 Å². The molecule has 1 aromatic heterocycles. The number of para-hydroxylation sites is 1. The average molecular weight is 282 g/mol. The number of hydrogen-bond donors (Lipinski definition) is 1. The first-order chi connectivity index (χ1) is 10.1.